The Labute approximate surface area is 220 Å². The quantitative estimate of drug-likeness (QED) is 0.657. The molecule has 37 heavy (non-hydrogen) atoms. The highest BCUT2D eigenvalue weighted by atomic mass is 16.5. The Hall–Kier alpha value is -2.90. The molecule has 2 aromatic rings. The molecule has 0 saturated carbocycles. The first-order chi connectivity index (χ1) is 17.9. The maximum absolute atomic E-state index is 13.6. The van der Waals surface area contributed by atoms with E-state index in [1.807, 2.05) is 30.3 Å². The third-order valence-corrected chi connectivity index (χ3v) is 8.56. The lowest BCUT2D eigenvalue weighted by molar-refractivity contribution is -0.139. The lowest BCUT2D eigenvalue weighted by Gasteiger charge is -2.50. The summed E-state index contributed by atoms with van der Waals surface area (Å²) in [4.78, 5) is 35.4. The van der Waals surface area contributed by atoms with E-state index in [1.54, 1.807) is 0 Å². The van der Waals surface area contributed by atoms with Gasteiger partial charge in [0, 0.05) is 50.1 Å². The summed E-state index contributed by atoms with van der Waals surface area (Å²) in [6, 6.07) is 10.8. The number of benzene rings is 1. The molecule has 3 aliphatic rings. The van der Waals surface area contributed by atoms with Crippen LogP contribution in [0.3, 0.4) is 0 Å². The number of nitrogens with one attached hydrogen (secondary N) is 1. The fourth-order valence-electron chi connectivity index (χ4n) is 6.51. The smallest absolute Gasteiger partial charge is 0.324 e. The van der Waals surface area contributed by atoms with Crippen LogP contribution >= 0.6 is 0 Å². The zero-order valence-electron chi connectivity index (χ0n) is 22.4. The van der Waals surface area contributed by atoms with Crippen molar-refractivity contribution in [2.45, 2.75) is 77.8 Å². The minimum atomic E-state index is 0.140. The maximum Gasteiger partial charge on any atom is 0.324 e. The Bertz CT molecular complexity index is 1070. The fourth-order valence-corrected chi connectivity index (χ4v) is 6.51. The first-order valence-corrected chi connectivity index (χ1v) is 14.1. The summed E-state index contributed by atoms with van der Waals surface area (Å²) >= 11 is 0. The maximum atomic E-state index is 13.6. The van der Waals surface area contributed by atoms with E-state index in [-0.39, 0.29) is 23.9 Å². The van der Waals surface area contributed by atoms with E-state index in [4.69, 9.17) is 9.51 Å². The summed E-state index contributed by atoms with van der Waals surface area (Å²) in [6.45, 7) is 8.88. The zero-order valence-corrected chi connectivity index (χ0v) is 22.4. The molecule has 4 heterocycles. The van der Waals surface area contributed by atoms with Crippen LogP contribution in [-0.2, 0) is 9.59 Å². The molecule has 200 valence electrons. The molecule has 0 spiro atoms. The number of hydrogen-bond acceptors (Lipinski definition) is 6. The molecule has 3 saturated heterocycles. The molecule has 2 bridgehead atoms. The number of nitrogens with zero attached hydrogens (tertiary/aromatic N) is 4. The van der Waals surface area contributed by atoms with Gasteiger partial charge in [0.25, 0.3) is 0 Å². The third-order valence-electron chi connectivity index (χ3n) is 8.56. The molecule has 8 heteroatoms. The molecule has 1 N–H and O–H groups in total. The molecular formula is C29H41N5O3. The van der Waals surface area contributed by atoms with Crippen molar-refractivity contribution in [2.24, 2.45) is 23.7 Å². The lowest BCUT2D eigenvalue weighted by atomic mass is 9.77. The molecule has 3 aliphatic heterocycles. The van der Waals surface area contributed by atoms with Crippen molar-refractivity contribution < 1.29 is 14.1 Å². The molecule has 5 rings (SSSR count). The van der Waals surface area contributed by atoms with Crippen molar-refractivity contribution in [3.05, 3.63) is 30.3 Å². The third kappa shape index (κ3) is 5.99. The van der Waals surface area contributed by atoms with Crippen molar-refractivity contribution in [1.82, 2.24) is 20.4 Å². The highest BCUT2D eigenvalue weighted by Crippen LogP contribution is 2.38. The van der Waals surface area contributed by atoms with Gasteiger partial charge in [-0.15, -0.1) is 0 Å². The van der Waals surface area contributed by atoms with Gasteiger partial charge >= 0.3 is 6.01 Å². The molecule has 0 aliphatic carbocycles. The van der Waals surface area contributed by atoms with Crippen molar-refractivity contribution in [1.29, 1.82) is 0 Å². The van der Waals surface area contributed by atoms with Gasteiger partial charge in [-0.25, -0.2) is 0 Å². The number of fused-ring (bicyclic) bond motifs is 4. The number of amides is 2. The summed E-state index contributed by atoms with van der Waals surface area (Å²) in [5, 5.41) is 7.50. The van der Waals surface area contributed by atoms with Gasteiger partial charge in [-0.2, -0.15) is 4.98 Å². The summed E-state index contributed by atoms with van der Waals surface area (Å²) in [7, 11) is 0. The molecule has 8 nitrogen and oxygen atoms in total. The number of piperidine rings is 2. The van der Waals surface area contributed by atoms with E-state index in [9.17, 15) is 9.59 Å². The molecular weight excluding hydrogens is 466 g/mol. The molecule has 5 atom stereocenters. The minimum Gasteiger partial charge on any atom is -0.353 e. The largest absolute Gasteiger partial charge is 0.353 e. The monoisotopic (exact) mass is 507 g/mol. The Balaban J connectivity index is 1.32. The Morgan fingerprint density at radius 3 is 2.65 bits per heavy atom. The minimum absolute atomic E-state index is 0.140. The van der Waals surface area contributed by atoms with Crippen LogP contribution in [0.25, 0.3) is 11.4 Å². The molecule has 2 amide bonds. The first-order valence-electron chi connectivity index (χ1n) is 14.1. The van der Waals surface area contributed by atoms with E-state index >= 15 is 0 Å². The second kappa shape index (κ2) is 11.2. The van der Waals surface area contributed by atoms with Crippen molar-refractivity contribution in [2.75, 3.05) is 24.5 Å². The van der Waals surface area contributed by atoms with Crippen LogP contribution in [0.4, 0.5) is 6.01 Å². The van der Waals surface area contributed by atoms with Gasteiger partial charge in [-0.1, -0.05) is 56.3 Å². The molecule has 1 aromatic heterocycles. The van der Waals surface area contributed by atoms with Gasteiger partial charge in [0.1, 0.15) is 0 Å². The molecule has 1 aromatic carbocycles. The first kappa shape index (κ1) is 25.7. The Morgan fingerprint density at radius 2 is 1.86 bits per heavy atom. The number of rotatable bonds is 3. The van der Waals surface area contributed by atoms with E-state index in [0.29, 0.717) is 48.4 Å². The van der Waals surface area contributed by atoms with Gasteiger partial charge in [-0.05, 0) is 55.8 Å². The van der Waals surface area contributed by atoms with Gasteiger partial charge in [0.05, 0.1) is 0 Å². The van der Waals surface area contributed by atoms with Gasteiger partial charge in [0.2, 0.25) is 17.6 Å². The van der Waals surface area contributed by atoms with Crippen LogP contribution in [-0.4, -0.2) is 58.6 Å². The Kier molecular flexibility index (Phi) is 7.81. The average molecular weight is 508 g/mol. The van der Waals surface area contributed by atoms with Crippen LogP contribution in [0.1, 0.15) is 65.7 Å². The van der Waals surface area contributed by atoms with E-state index < -0.39 is 0 Å². The second-order valence-electron chi connectivity index (χ2n) is 11.8. The predicted octanol–water partition coefficient (Wildman–Crippen LogP) is 4.52. The number of aromatic nitrogens is 2. The standard InChI is InChI=1S/C29H41N5O3/c1-19(2)24-13-12-20(3)14-27(36)34-17-21-15-23(25(34)10-7-11-26(35)30-24)18-33(16-21)29-31-28(32-37-29)22-8-5-4-6-9-22/h4-6,8-9,19-21,23-25H,7,10-18H2,1-3H3,(H,30,35)/t20-,21+,23-,24+,25+/m1/s1. The topological polar surface area (TPSA) is 91.6 Å². The van der Waals surface area contributed by atoms with E-state index in [0.717, 1.165) is 57.3 Å². The van der Waals surface area contributed by atoms with Crippen LogP contribution in [0, 0.1) is 23.7 Å². The molecule has 0 unspecified atom stereocenters. The second-order valence-corrected chi connectivity index (χ2v) is 11.8. The summed E-state index contributed by atoms with van der Waals surface area (Å²) in [5.74, 6) is 2.43. The highest BCUT2D eigenvalue weighted by Gasteiger charge is 2.43. The van der Waals surface area contributed by atoms with Gasteiger partial charge < -0.3 is 19.6 Å². The van der Waals surface area contributed by atoms with E-state index in [1.165, 1.54) is 0 Å². The van der Waals surface area contributed by atoms with Crippen LogP contribution in [0.2, 0.25) is 0 Å². The van der Waals surface area contributed by atoms with Crippen LogP contribution in [0.15, 0.2) is 34.9 Å². The normalized spacial score (nSPS) is 29.7. The number of carbonyl (C=O) groups excluding carboxylic acids is 2. The molecule has 3 fully saturated rings. The fraction of sp³-hybridized carbons (Fsp3) is 0.655. The summed E-state index contributed by atoms with van der Waals surface area (Å²) in [5.41, 5.74) is 0.939. The van der Waals surface area contributed by atoms with Crippen molar-refractivity contribution >= 4 is 17.8 Å². The average Bonchev–Trinajstić information content (AvgIpc) is 3.38. The van der Waals surface area contributed by atoms with Crippen LogP contribution in [0.5, 0.6) is 0 Å². The number of carbonyl (C=O) groups is 2. The lowest BCUT2D eigenvalue weighted by Crippen LogP contribution is -2.59. The molecule has 0 radical (unpaired) electrons. The zero-order chi connectivity index (χ0) is 25.9. The van der Waals surface area contributed by atoms with Gasteiger partial charge in [-0.3, -0.25) is 9.59 Å². The van der Waals surface area contributed by atoms with Gasteiger partial charge in [0.15, 0.2) is 0 Å². The van der Waals surface area contributed by atoms with Crippen molar-refractivity contribution in [3.63, 3.8) is 0 Å². The summed E-state index contributed by atoms with van der Waals surface area (Å²) < 4.78 is 5.70. The van der Waals surface area contributed by atoms with Crippen LogP contribution < -0.4 is 10.2 Å². The van der Waals surface area contributed by atoms with Crippen molar-refractivity contribution in [3.8, 4) is 11.4 Å². The Morgan fingerprint density at radius 1 is 1.05 bits per heavy atom. The highest BCUT2D eigenvalue weighted by molar-refractivity contribution is 5.77. The predicted molar refractivity (Wildman–Crippen MR) is 143 cm³/mol. The number of hydrogen-bond donors (Lipinski definition) is 1. The SMILES string of the molecule is CC(C)[C@@H]1CC[C@@H](C)CC(=O)N2C[C@H]3C[C@H](CN(c4nc(-c5ccccc5)no4)C3)[C@@H]2CCCC(=O)N1. The number of anilines is 1. The summed E-state index contributed by atoms with van der Waals surface area (Å²) in [6.07, 6.45) is 5.72. The van der Waals surface area contributed by atoms with E-state index in [2.05, 4.69) is 41.0 Å².